The highest BCUT2D eigenvalue weighted by molar-refractivity contribution is 7.88. The first-order valence-corrected chi connectivity index (χ1v) is 7.95. The number of rotatable bonds is 5. The molecular weight excluding hydrogens is 359 g/mol. The summed E-state index contributed by atoms with van der Waals surface area (Å²) in [5, 5.41) is 2.08. The van der Waals surface area contributed by atoms with Crippen LogP contribution in [0.3, 0.4) is 0 Å². The van der Waals surface area contributed by atoms with Gasteiger partial charge in [0, 0.05) is 17.7 Å². The molecule has 1 aromatic heterocycles. The van der Waals surface area contributed by atoms with E-state index in [2.05, 4.69) is 18.9 Å². The Bertz CT molecular complexity index is 619. The maximum atomic E-state index is 12.1. The van der Waals surface area contributed by atoms with E-state index >= 15 is 0 Å². The number of esters is 1. The van der Waals surface area contributed by atoms with Crippen LogP contribution in [0.15, 0.2) is 27.7 Å². The molecule has 0 N–H and O–H groups in total. The maximum Gasteiger partial charge on any atom is 0.522 e. The number of alkyl halides is 3. The van der Waals surface area contributed by atoms with Gasteiger partial charge in [0.15, 0.2) is 11.4 Å². The molecule has 23 heavy (non-hydrogen) atoms. The van der Waals surface area contributed by atoms with Crippen LogP contribution in [0.1, 0.15) is 5.01 Å². The van der Waals surface area contributed by atoms with Crippen LogP contribution < -0.4 is 0 Å². The van der Waals surface area contributed by atoms with Gasteiger partial charge in [-0.2, -0.15) is 4.31 Å². The average Bonchev–Trinajstić information content (AvgIpc) is 3.00. The Morgan fingerprint density at radius 2 is 2.26 bits per heavy atom. The van der Waals surface area contributed by atoms with Gasteiger partial charge in [0.25, 0.3) is 0 Å². The third-order valence-corrected chi connectivity index (χ3v) is 4.42. The molecule has 0 amide bonds. The number of halogens is 3. The van der Waals surface area contributed by atoms with Crippen molar-refractivity contribution in [3.8, 4) is 0 Å². The van der Waals surface area contributed by atoms with E-state index in [1.807, 2.05) is 0 Å². The summed E-state index contributed by atoms with van der Waals surface area (Å²) in [6.07, 6.45) is -2.05. The first-order chi connectivity index (χ1) is 10.8. The lowest BCUT2D eigenvalue weighted by Crippen LogP contribution is -2.39. The first kappa shape index (κ1) is 17.7. The molecule has 0 bridgehead atoms. The number of nitrogens with zero attached hydrogens (tertiary/aromatic N) is 3. The van der Waals surface area contributed by atoms with Crippen molar-refractivity contribution in [3.63, 3.8) is 0 Å². The van der Waals surface area contributed by atoms with Crippen LogP contribution in [-0.4, -0.2) is 52.1 Å². The molecule has 0 saturated carbocycles. The zero-order valence-corrected chi connectivity index (χ0v) is 13.2. The molecule has 0 aromatic carbocycles. The number of ether oxygens (including phenoxy) is 2. The predicted octanol–water partition coefficient (Wildman–Crippen LogP) is 1.42. The number of methoxy groups -OCH3 is 1. The van der Waals surface area contributed by atoms with E-state index in [1.165, 1.54) is 23.6 Å². The van der Waals surface area contributed by atoms with Gasteiger partial charge < -0.3 is 9.29 Å². The van der Waals surface area contributed by atoms with Crippen LogP contribution in [0.25, 0.3) is 0 Å². The van der Waals surface area contributed by atoms with Crippen LogP contribution in [0.2, 0.25) is 0 Å². The molecule has 2 rings (SSSR count). The second kappa shape index (κ2) is 7.29. The van der Waals surface area contributed by atoms with E-state index in [-0.39, 0.29) is 11.4 Å². The van der Waals surface area contributed by atoms with Gasteiger partial charge in [0.05, 0.1) is 20.3 Å². The van der Waals surface area contributed by atoms with Crippen molar-refractivity contribution in [1.29, 1.82) is 0 Å². The molecule has 12 heteroatoms. The van der Waals surface area contributed by atoms with Crippen LogP contribution in [0, 0.1) is 0 Å². The molecular formula is C11H10F3N3O4S2. The summed E-state index contributed by atoms with van der Waals surface area (Å²) >= 11 is -0.891. The van der Waals surface area contributed by atoms with Gasteiger partial charge in [0.2, 0.25) is 11.5 Å². The van der Waals surface area contributed by atoms with Crippen molar-refractivity contribution in [1.82, 2.24) is 9.29 Å². The summed E-state index contributed by atoms with van der Waals surface area (Å²) in [4.78, 5) is 15.8. The van der Waals surface area contributed by atoms with Crippen molar-refractivity contribution in [2.24, 2.45) is 4.40 Å². The minimum Gasteiger partial charge on any atom is -0.566 e. The molecule has 0 saturated heterocycles. The average molecular weight is 369 g/mol. The summed E-state index contributed by atoms with van der Waals surface area (Å²) < 4.78 is 61.1. The minimum absolute atomic E-state index is 0.184. The van der Waals surface area contributed by atoms with Crippen LogP contribution in [0.5, 0.6) is 0 Å². The fourth-order valence-corrected chi connectivity index (χ4v) is 3.19. The molecule has 1 unspecified atom stereocenters. The monoisotopic (exact) mass is 369 g/mol. The maximum absolute atomic E-state index is 12.1. The van der Waals surface area contributed by atoms with Gasteiger partial charge in [-0.3, -0.25) is 4.74 Å². The second-order valence-electron chi connectivity index (χ2n) is 3.96. The van der Waals surface area contributed by atoms with Crippen LogP contribution >= 0.6 is 11.3 Å². The van der Waals surface area contributed by atoms with E-state index in [0.29, 0.717) is 5.01 Å². The van der Waals surface area contributed by atoms with E-state index < -0.39 is 37.0 Å². The SMILES string of the molecule is COC(=O)C1=CC(c2nccs2)=N[S+]([O-])N1CCOC(F)(F)F. The molecule has 1 atom stereocenters. The van der Waals surface area contributed by atoms with Gasteiger partial charge in [-0.05, 0) is 4.40 Å². The van der Waals surface area contributed by atoms with E-state index in [4.69, 9.17) is 0 Å². The molecule has 0 aliphatic carbocycles. The van der Waals surface area contributed by atoms with Gasteiger partial charge in [-0.1, -0.05) is 0 Å². The highest BCUT2D eigenvalue weighted by Gasteiger charge is 2.36. The molecule has 1 aliphatic rings. The van der Waals surface area contributed by atoms with Crippen LogP contribution in [0.4, 0.5) is 13.2 Å². The van der Waals surface area contributed by atoms with E-state index in [9.17, 15) is 22.5 Å². The Labute approximate surface area is 135 Å². The fraction of sp³-hybridized carbons (Fsp3) is 0.364. The van der Waals surface area contributed by atoms with Crippen molar-refractivity contribution in [3.05, 3.63) is 28.4 Å². The molecule has 7 nitrogen and oxygen atoms in total. The molecule has 2 heterocycles. The summed E-state index contributed by atoms with van der Waals surface area (Å²) in [5.41, 5.74) is 0.00327. The van der Waals surface area contributed by atoms with Crippen molar-refractivity contribution < 1.29 is 32.0 Å². The Hall–Kier alpha value is -1.63. The first-order valence-electron chi connectivity index (χ1n) is 6.00. The van der Waals surface area contributed by atoms with Gasteiger partial charge in [0.1, 0.15) is 5.01 Å². The Morgan fingerprint density at radius 3 is 2.83 bits per heavy atom. The number of hydrogen-bond acceptors (Lipinski definition) is 8. The Morgan fingerprint density at radius 1 is 1.52 bits per heavy atom. The highest BCUT2D eigenvalue weighted by atomic mass is 32.2. The molecule has 0 spiro atoms. The Balaban J connectivity index is 2.19. The third-order valence-electron chi connectivity index (χ3n) is 2.51. The minimum atomic E-state index is -4.82. The summed E-state index contributed by atoms with van der Waals surface area (Å²) in [6, 6.07) is 0. The van der Waals surface area contributed by atoms with Crippen molar-refractivity contribution in [2.45, 2.75) is 6.36 Å². The number of carbonyl (C=O) groups is 1. The number of aromatic nitrogens is 1. The van der Waals surface area contributed by atoms with E-state index in [0.717, 1.165) is 11.4 Å². The summed E-state index contributed by atoms with van der Waals surface area (Å²) in [7, 11) is 1.10. The van der Waals surface area contributed by atoms with E-state index in [1.54, 1.807) is 5.38 Å². The fourth-order valence-electron chi connectivity index (χ4n) is 1.60. The molecule has 1 aromatic rings. The Kier molecular flexibility index (Phi) is 5.62. The lowest BCUT2D eigenvalue weighted by atomic mass is 10.3. The topological polar surface area (TPSA) is 87.1 Å². The third kappa shape index (κ3) is 4.67. The summed E-state index contributed by atoms with van der Waals surface area (Å²) in [6.45, 7) is -1.27. The predicted molar refractivity (Wildman–Crippen MR) is 75.6 cm³/mol. The lowest BCUT2D eigenvalue weighted by molar-refractivity contribution is -0.324. The lowest BCUT2D eigenvalue weighted by Gasteiger charge is -2.25. The van der Waals surface area contributed by atoms with Gasteiger partial charge in [-0.25, -0.2) is 9.78 Å². The van der Waals surface area contributed by atoms with Gasteiger partial charge >= 0.3 is 12.3 Å². The summed E-state index contributed by atoms with van der Waals surface area (Å²) in [5.74, 6) is -0.852. The second-order valence-corrected chi connectivity index (χ2v) is 5.94. The van der Waals surface area contributed by atoms with Gasteiger partial charge in [-0.15, -0.1) is 24.5 Å². The standard InChI is InChI=1S/C11H10F3N3O4S2/c1-20-10(18)8-6-7(9-15-2-5-22-9)16-23(19)17(8)3-4-21-11(12,13)14/h2,5-6H,3-4H2,1H3. The van der Waals surface area contributed by atoms with Crippen LogP contribution in [-0.2, 0) is 25.8 Å². The molecule has 0 radical (unpaired) electrons. The quantitative estimate of drug-likeness (QED) is 0.576. The number of thiazole rings is 1. The molecule has 0 fully saturated rings. The number of carbonyl (C=O) groups excluding carboxylic acids is 1. The van der Waals surface area contributed by atoms with Crippen molar-refractivity contribution >= 4 is 34.6 Å². The zero-order chi connectivity index (χ0) is 17.0. The largest absolute Gasteiger partial charge is 0.566 e. The van der Waals surface area contributed by atoms with Crippen molar-refractivity contribution in [2.75, 3.05) is 20.3 Å². The molecule has 1 aliphatic heterocycles. The smallest absolute Gasteiger partial charge is 0.522 e. The normalized spacial score (nSPS) is 18.5. The molecule has 126 valence electrons. The number of hydrogen-bond donors (Lipinski definition) is 0. The zero-order valence-electron chi connectivity index (χ0n) is 11.6. The highest BCUT2D eigenvalue weighted by Crippen LogP contribution is 2.23. The number of allylic oxidation sites excluding steroid dienone is 1.